The summed E-state index contributed by atoms with van der Waals surface area (Å²) in [5, 5.41) is 9.23. The third-order valence-corrected chi connectivity index (χ3v) is 4.63. The highest BCUT2D eigenvalue weighted by molar-refractivity contribution is 8.00. The van der Waals surface area contributed by atoms with Crippen LogP contribution in [0.1, 0.15) is 6.92 Å². The van der Waals surface area contributed by atoms with Gasteiger partial charge in [0.1, 0.15) is 16.8 Å². The highest BCUT2D eigenvalue weighted by atomic mass is 32.2. The van der Waals surface area contributed by atoms with Crippen LogP contribution >= 0.6 is 11.8 Å². The third-order valence-electron chi connectivity index (χ3n) is 3.06. The van der Waals surface area contributed by atoms with Gasteiger partial charge in [-0.25, -0.2) is 0 Å². The van der Waals surface area contributed by atoms with Gasteiger partial charge in [0.05, 0.1) is 0 Å². The van der Waals surface area contributed by atoms with Crippen molar-refractivity contribution >= 4 is 23.6 Å². The average Bonchev–Trinajstić information content (AvgIpc) is 2.28. The fraction of sp³-hybridized carbons (Fsp3) is 0.600. The van der Waals surface area contributed by atoms with E-state index in [-0.39, 0.29) is 17.8 Å². The summed E-state index contributed by atoms with van der Waals surface area (Å²) in [4.78, 5) is 24.3. The maximum atomic E-state index is 11.5. The van der Waals surface area contributed by atoms with Gasteiger partial charge in [0.25, 0.3) is 0 Å². The minimum Gasteiger partial charge on any atom is -0.481 e. The molecule has 2 rings (SSSR count). The number of β-lactam (4-membered cyclic amide) rings is 1. The number of fused-ring (bicyclic) bond motifs is 1. The summed E-state index contributed by atoms with van der Waals surface area (Å²) in [6.07, 6.45) is 3.38. The first kappa shape index (κ1) is 11.5. The predicted molar refractivity (Wildman–Crippen MR) is 60.8 cm³/mol. The average molecular weight is 242 g/mol. The molecule has 5 nitrogen and oxygen atoms in total. The number of carboxylic acid groups (broad SMARTS) is 1. The lowest BCUT2D eigenvalue weighted by Crippen LogP contribution is -2.71. The van der Waals surface area contributed by atoms with E-state index in [1.54, 1.807) is 24.0 Å². The van der Waals surface area contributed by atoms with Crippen LogP contribution in [-0.2, 0) is 9.59 Å². The first-order valence-corrected chi connectivity index (χ1v) is 6.11. The summed E-state index contributed by atoms with van der Waals surface area (Å²) in [6, 6.07) is -0.456. The number of carbonyl (C=O) groups excluding carboxylic acids is 1. The molecule has 16 heavy (non-hydrogen) atoms. The molecule has 2 aliphatic rings. The van der Waals surface area contributed by atoms with Gasteiger partial charge in [-0.3, -0.25) is 9.59 Å². The predicted octanol–water partition coefficient (Wildman–Crippen LogP) is -0.124. The summed E-state index contributed by atoms with van der Waals surface area (Å²) in [5.41, 5.74) is 4.69. The molecule has 3 N–H and O–H groups in total. The number of nitrogens with zero attached hydrogens (tertiary/aromatic N) is 1. The van der Waals surface area contributed by atoms with Gasteiger partial charge in [-0.05, 0) is 6.92 Å². The van der Waals surface area contributed by atoms with Gasteiger partial charge in [0.2, 0.25) is 5.91 Å². The van der Waals surface area contributed by atoms with Crippen LogP contribution in [0.15, 0.2) is 12.2 Å². The largest absolute Gasteiger partial charge is 0.481 e. The van der Waals surface area contributed by atoms with Gasteiger partial charge in [-0.2, -0.15) is 0 Å². The van der Waals surface area contributed by atoms with Crippen LogP contribution in [-0.4, -0.2) is 45.6 Å². The van der Waals surface area contributed by atoms with Crippen LogP contribution in [0.2, 0.25) is 0 Å². The van der Waals surface area contributed by atoms with Crippen molar-refractivity contribution in [3.63, 3.8) is 0 Å². The van der Waals surface area contributed by atoms with Gasteiger partial charge < -0.3 is 15.7 Å². The van der Waals surface area contributed by atoms with E-state index in [0.29, 0.717) is 5.75 Å². The molecule has 0 aromatic heterocycles. The Balaban J connectivity index is 2.20. The molecule has 0 spiro atoms. The second-order valence-electron chi connectivity index (χ2n) is 4.15. The fourth-order valence-corrected chi connectivity index (χ4v) is 3.58. The van der Waals surface area contributed by atoms with Crippen molar-refractivity contribution in [1.29, 1.82) is 0 Å². The Kier molecular flexibility index (Phi) is 2.71. The zero-order valence-corrected chi connectivity index (χ0v) is 9.74. The number of allylic oxidation sites excluding steroid dienone is 1. The molecule has 2 fully saturated rings. The Labute approximate surface area is 97.7 Å². The number of nitrogens with two attached hydrogens (primary N) is 1. The van der Waals surface area contributed by atoms with E-state index in [9.17, 15) is 14.7 Å². The number of rotatable bonds is 2. The van der Waals surface area contributed by atoms with E-state index in [1.807, 2.05) is 0 Å². The first-order chi connectivity index (χ1) is 7.52. The fourth-order valence-electron chi connectivity index (χ4n) is 2.12. The molecule has 0 bridgehead atoms. The number of hydrogen-bond donors (Lipinski definition) is 2. The summed E-state index contributed by atoms with van der Waals surface area (Å²) >= 11 is 1.45. The van der Waals surface area contributed by atoms with Gasteiger partial charge >= 0.3 is 5.97 Å². The zero-order chi connectivity index (χ0) is 11.9. The van der Waals surface area contributed by atoms with Crippen molar-refractivity contribution in [3.8, 4) is 0 Å². The van der Waals surface area contributed by atoms with Crippen LogP contribution in [0.3, 0.4) is 0 Å². The van der Waals surface area contributed by atoms with Gasteiger partial charge in [-0.15, -0.1) is 11.8 Å². The standard InChI is InChI=1S/C10H14N2O3S/c1-2-3-10(9(14)15)4-12-7(13)6(11)8(12)16-5-10/h2-3,6,8H,4-5,11H2,1H3,(H,14,15)/b3-2+/t6?,8-,10?/m1/s1. The Morgan fingerprint density at radius 3 is 3.00 bits per heavy atom. The van der Waals surface area contributed by atoms with Crippen LogP contribution in [0, 0.1) is 5.41 Å². The van der Waals surface area contributed by atoms with E-state index in [2.05, 4.69) is 0 Å². The molecule has 2 saturated heterocycles. The van der Waals surface area contributed by atoms with Crippen molar-refractivity contribution in [2.24, 2.45) is 11.1 Å². The van der Waals surface area contributed by atoms with Crippen molar-refractivity contribution < 1.29 is 14.7 Å². The molecule has 0 saturated carbocycles. The molecule has 0 aliphatic carbocycles. The van der Waals surface area contributed by atoms with E-state index in [4.69, 9.17) is 5.73 Å². The number of aliphatic carboxylic acids is 1. The van der Waals surface area contributed by atoms with Crippen molar-refractivity contribution in [3.05, 3.63) is 12.2 Å². The Morgan fingerprint density at radius 2 is 2.44 bits per heavy atom. The Bertz CT molecular complexity index is 371. The van der Waals surface area contributed by atoms with Crippen LogP contribution in [0.25, 0.3) is 0 Å². The molecule has 0 aromatic rings. The van der Waals surface area contributed by atoms with E-state index in [1.165, 1.54) is 11.8 Å². The molecular weight excluding hydrogens is 228 g/mol. The summed E-state index contributed by atoms with van der Waals surface area (Å²) in [5.74, 6) is -0.563. The highest BCUT2D eigenvalue weighted by Crippen LogP contribution is 2.42. The van der Waals surface area contributed by atoms with Gasteiger partial charge in [-0.1, -0.05) is 12.2 Å². The zero-order valence-electron chi connectivity index (χ0n) is 8.92. The normalized spacial score (nSPS) is 38.4. The molecule has 0 aromatic carbocycles. The lowest BCUT2D eigenvalue weighted by atomic mass is 9.87. The molecule has 2 heterocycles. The summed E-state index contributed by atoms with van der Waals surface area (Å²) in [7, 11) is 0. The molecule has 1 amide bonds. The number of amides is 1. The molecule has 6 heteroatoms. The van der Waals surface area contributed by atoms with Crippen molar-refractivity contribution in [2.45, 2.75) is 18.3 Å². The van der Waals surface area contributed by atoms with Crippen LogP contribution in [0.5, 0.6) is 0 Å². The lowest BCUT2D eigenvalue weighted by molar-refractivity contribution is -0.153. The highest BCUT2D eigenvalue weighted by Gasteiger charge is 2.54. The molecule has 2 aliphatic heterocycles. The number of carboxylic acids is 1. The first-order valence-electron chi connectivity index (χ1n) is 5.07. The van der Waals surface area contributed by atoms with Gasteiger partial charge in [0, 0.05) is 12.3 Å². The van der Waals surface area contributed by atoms with Gasteiger partial charge in [0.15, 0.2) is 0 Å². The second kappa shape index (κ2) is 3.78. The minimum atomic E-state index is -0.953. The van der Waals surface area contributed by atoms with Crippen LogP contribution < -0.4 is 5.73 Å². The SMILES string of the molecule is C/C=C/C1(C(=O)O)CS[C@@H]2C(N)C(=O)N2C1. The lowest BCUT2D eigenvalue weighted by Gasteiger charge is -2.52. The molecule has 88 valence electrons. The summed E-state index contributed by atoms with van der Waals surface area (Å²) < 4.78 is 0. The molecule has 0 radical (unpaired) electrons. The molecule has 2 unspecified atom stereocenters. The molecular formula is C10H14N2O3S. The second-order valence-corrected chi connectivity index (χ2v) is 5.26. The number of hydrogen-bond acceptors (Lipinski definition) is 4. The van der Waals surface area contributed by atoms with E-state index < -0.39 is 17.4 Å². The number of thioether (sulfide) groups is 1. The summed E-state index contributed by atoms with van der Waals surface area (Å²) in [6.45, 7) is 2.02. The van der Waals surface area contributed by atoms with Crippen molar-refractivity contribution in [1.82, 2.24) is 4.90 Å². The van der Waals surface area contributed by atoms with E-state index in [0.717, 1.165) is 0 Å². The molecule has 3 atom stereocenters. The van der Waals surface area contributed by atoms with Crippen molar-refractivity contribution in [2.75, 3.05) is 12.3 Å². The minimum absolute atomic E-state index is 0.0368. The smallest absolute Gasteiger partial charge is 0.316 e. The third kappa shape index (κ3) is 1.44. The maximum absolute atomic E-state index is 11.5. The number of carbonyl (C=O) groups is 2. The Hall–Kier alpha value is -1.01. The maximum Gasteiger partial charge on any atom is 0.316 e. The Morgan fingerprint density at radius 1 is 1.75 bits per heavy atom. The van der Waals surface area contributed by atoms with Crippen LogP contribution in [0.4, 0.5) is 0 Å². The van der Waals surface area contributed by atoms with E-state index >= 15 is 0 Å². The monoisotopic (exact) mass is 242 g/mol. The quantitative estimate of drug-likeness (QED) is 0.521. The topological polar surface area (TPSA) is 83.6 Å².